The number of carbonyl (C=O) groups is 1. The first-order chi connectivity index (χ1) is 10.2. The number of aromatic amines is 1. The van der Waals surface area contributed by atoms with Crippen LogP contribution >= 0.6 is 0 Å². The van der Waals surface area contributed by atoms with Crippen LogP contribution in [-0.4, -0.2) is 35.4 Å². The van der Waals surface area contributed by atoms with Crippen LogP contribution < -0.4 is 10.9 Å². The van der Waals surface area contributed by atoms with E-state index in [0.29, 0.717) is 12.1 Å². The van der Waals surface area contributed by atoms with Crippen molar-refractivity contribution in [2.75, 3.05) is 19.6 Å². The summed E-state index contributed by atoms with van der Waals surface area (Å²) >= 11 is 0. The van der Waals surface area contributed by atoms with E-state index < -0.39 is 0 Å². The molecule has 3 rings (SSSR count). The Labute approximate surface area is 123 Å². The van der Waals surface area contributed by atoms with E-state index >= 15 is 0 Å². The topological polar surface area (TPSA) is 65.2 Å². The normalized spacial score (nSPS) is 14.8. The van der Waals surface area contributed by atoms with Crippen LogP contribution in [0, 0.1) is 0 Å². The van der Waals surface area contributed by atoms with Crippen LogP contribution in [-0.2, 0) is 11.3 Å². The number of nitrogens with zero attached hydrogens (tertiary/aromatic N) is 1. The first kappa shape index (κ1) is 13.8. The minimum atomic E-state index is -0.102. The van der Waals surface area contributed by atoms with Gasteiger partial charge in [0.25, 0.3) is 5.56 Å². The van der Waals surface area contributed by atoms with E-state index in [0.717, 1.165) is 36.8 Å². The van der Waals surface area contributed by atoms with Crippen molar-refractivity contribution in [3.05, 3.63) is 46.2 Å². The number of likely N-dealkylation sites (tertiary alicyclic amines) is 1. The van der Waals surface area contributed by atoms with Gasteiger partial charge in [-0.15, -0.1) is 0 Å². The molecule has 2 aromatic rings. The third-order valence-electron chi connectivity index (χ3n) is 3.88. The summed E-state index contributed by atoms with van der Waals surface area (Å²) in [6.07, 6.45) is 2.19. The largest absolute Gasteiger partial charge is 0.342 e. The van der Waals surface area contributed by atoms with E-state index in [-0.39, 0.29) is 18.0 Å². The lowest BCUT2D eigenvalue weighted by atomic mass is 10.1. The lowest BCUT2D eigenvalue weighted by molar-refractivity contribution is -0.129. The van der Waals surface area contributed by atoms with Crippen molar-refractivity contribution >= 4 is 16.8 Å². The van der Waals surface area contributed by atoms with Crippen LogP contribution in [0.4, 0.5) is 0 Å². The SMILES string of the molecule is O=C(CNCc1cc2ccccc2[nH]c1=O)N1CCCC1. The number of amides is 1. The van der Waals surface area contributed by atoms with Crippen LogP contribution in [0.5, 0.6) is 0 Å². The van der Waals surface area contributed by atoms with Crippen molar-refractivity contribution in [3.63, 3.8) is 0 Å². The fourth-order valence-electron chi connectivity index (χ4n) is 2.71. The molecule has 1 aromatic heterocycles. The van der Waals surface area contributed by atoms with Gasteiger partial charge in [0.1, 0.15) is 0 Å². The summed E-state index contributed by atoms with van der Waals surface area (Å²) < 4.78 is 0. The maximum absolute atomic E-state index is 12.0. The van der Waals surface area contributed by atoms with Crippen molar-refractivity contribution in [2.45, 2.75) is 19.4 Å². The van der Waals surface area contributed by atoms with Gasteiger partial charge in [-0.3, -0.25) is 9.59 Å². The van der Waals surface area contributed by atoms with E-state index in [4.69, 9.17) is 0 Å². The summed E-state index contributed by atoms with van der Waals surface area (Å²) in [4.78, 5) is 28.6. The predicted molar refractivity (Wildman–Crippen MR) is 82.1 cm³/mol. The zero-order valence-corrected chi connectivity index (χ0v) is 11.9. The van der Waals surface area contributed by atoms with Gasteiger partial charge in [-0.25, -0.2) is 0 Å². The van der Waals surface area contributed by atoms with E-state index in [1.165, 1.54) is 0 Å². The minimum absolute atomic E-state index is 0.102. The molecule has 5 nitrogen and oxygen atoms in total. The molecule has 1 amide bonds. The fourth-order valence-corrected chi connectivity index (χ4v) is 2.71. The number of para-hydroxylation sites is 1. The van der Waals surface area contributed by atoms with E-state index in [9.17, 15) is 9.59 Å². The van der Waals surface area contributed by atoms with Gasteiger partial charge in [0.2, 0.25) is 5.91 Å². The fraction of sp³-hybridized carbons (Fsp3) is 0.375. The summed E-state index contributed by atoms with van der Waals surface area (Å²) in [7, 11) is 0. The highest BCUT2D eigenvalue weighted by Crippen LogP contribution is 2.10. The molecule has 2 heterocycles. The Morgan fingerprint density at radius 1 is 1.24 bits per heavy atom. The number of aromatic nitrogens is 1. The monoisotopic (exact) mass is 285 g/mol. The number of rotatable bonds is 4. The highest BCUT2D eigenvalue weighted by Gasteiger charge is 2.17. The molecule has 21 heavy (non-hydrogen) atoms. The second kappa shape index (κ2) is 6.10. The third kappa shape index (κ3) is 3.13. The van der Waals surface area contributed by atoms with Crippen LogP contribution in [0.15, 0.2) is 35.1 Å². The molecule has 5 heteroatoms. The van der Waals surface area contributed by atoms with E-state index in [1.54, 1.807) is 0 Å². The van der Waals surface area contributed by atoms with Crippen molar-refractivity contribution in [2.24, 2.45) is 0 Å². The highest BCUT2D eigenvalue weighted by atomic mass is 16.2. The van der Waals surface area contributed by atoms with Gasteiger partial charge < -0.3 is 15.2 Å². The number of pyridine rings is 1. The maximum atomic E-state index is 12.0. The van der Waals surface area contributed by atoms with Crippen molar-refractivity contribution < 1.29 is 4.79 Å². The molecule has 110 valence electrons. The van der Waals surface area contributed by atoms with Gasteiger partial charge in [0.15, 0.2) is 0 Å². The molecule has 1 aromatic carbocycles. The van der Waals surface area contributed by atoms with Gasteiger partial charge in [-0.2, -0.15) is 0 Å². The van der Waals surface area contributed by atoms with E-state index in [1.807, 2.05) is 35.2 Å². The Balaban J connectivity index is 1.63. The molecule has 1 saturated heterocycles. The number of carbonyl (C=O) groups excluding carboxylic acids is 1. The summed E-state index contributed by atoms with van der Waals surface area (Å²) in [6, 6.07) is 9.55. The Hall–Kier alpha value is -2.14. The third-order valence-corrected chi connectivity index (χ3v) is 3.88. The van der Waals surface area contributed by atoms with Crippen LogP contribution in [0.1, 0.15) is 18.4 Å². The van der Waals surface area contributed by atoms with Crippen molar-refractivity contribution in [1.82, 2.24) is 15.2 Å². The minimum Gasteiger partial charge on any atom is -0.342 e. The molecular weight excluding hydrogens is 266 g/mol. The first-order valence-corrected chi connectivity index (χ1v) is 7.33. The predicted octanol–water partition coefficient (Wildman–Crippen LogP) is 1.24. The summed E-state index contributed by atoms with van der Waals surface area (Å²) in [5.74, 6) is 0.115. The summed E-state index contributed by atoms with van der Waals surface area (Å²) in [6.45, 7) is 2.40. The summed E-state index contributed by atoms with van der Waals surface area (Å²) in [5.41, 5.74) is 1.39. The van der Waals surface area contributed by atoms with Gasteiger partial charge in [-0.1, -0.05) is 18.2 Å². The van der Waals surface area contributed by atoms with Gasteiger partial charge in [0.05, 0.1) is 6.54 Å². The molecule has 0 radical (unpaired) electrons. The standard InChI is InChI=1S/C16H19N3O2/c20-15(19-7-3-4-8-19)11-17-10-13-9-12-5-1-2-6-14(12)18-16(13)21/h1-2,5-6,9,17H,3-4,7-8,10-11H2,(H,18,21). The van der Waals surface area contributed by atoms with Crippen LogP contribution in [0.2, 0.25) is 0 Å². The quantitative estimate of drug-likeness (QED) is 0.888. The van der Waals surface area contributed by atoms with Gasteiger partial charge in [0, 0.05) is 30.7 Å². The molecule has 0 aliphatic carbocycles. The molecule has 0 bridgehead atoms. The Kier molecular flexibility index (Phi) is 4.01. The number of nitrogens with one attached hydrogen (secondary N) is 2. The molecular formula is C16H19N3O2. The number of fused-ring (bicyclic) bond motifs is 1. The molecule has 1 fully saturated rings. The molecule has 0 atom stereocenters. The molecule has 0 spiro atoms. The zero-order chi connectivity index (χ0) is 14.7. The highest BCUT2D eigenvalue weighted by molar-refractivity contribution is 5.79. The van der Waals surface area contributed by atoms with Crippen LogP contribution in [0.25, 0.3) is 10.9 Å². The molecule has 1 aliphatic heterocycles. The zero-order valence-electron chi connectivity index (χ0n) is 11.9. The molecule has 0 unspecified atom stereocenters. The smallest absolute Gasteiger partial charge is 0.252 e. The summed E-state index contributed by atoms with van der Waals surface area (Å²) in [5, 5.41) is 4.07. The van der Waals surface area contributed by atoms with Crippen LogP contribution in [0.3, 0.4) is 0 Å². The number of benzene rings is 1. The lowest BCUT2D eigenvalue weighted by Gasteiger charge is -2.15. The molecule has 0 saturated carbocycles. The van der Waals surface area contributed by atoms with Gasteiger partial charge in [-0.05, 0) is 30.4 Å². The Morgan fingerprint density at radius 2 is 2.00 bits per heavy atom. The Bertz CT molecular complexity index is 702. The second-order valence-corrected chi connectivity index (χ2v) is 5.40. The average molecular weight is 285 g/mol. The molecule has 1 aliphatic rings. The number of H-pyrrole nitrogens is 1. The first-order valence-electron chi connectivity index (χ1n) is 7.33. The van der Waals surface area contributed by atoms with E-state index in [2.05, 4.69) is 10.3 Å². The van der Waals surface area contributed by atoms with Crippen molar-refractivity contribution in [3.8, 4) is 0 Å². The number of hydrogen-bond donors (Lipinski definition) is 2. The maximum Gasteiger partial charge on any atom is 0.252 e. The van der Waals surface area contributed by atoms with Crippen molar-refractivity contribution in [1.29, 1.82) is 0 Å². The number of hydrogen-bond acceptors (Lipinski definition) is 3. The molecule has 2 N–H and O–H groups in total. The Morgan fingerprint density at radius 3 is 2.81 bits per heavy atom. The van der Waals surface area contributed by atoms with Gasteiger partial charge >= 0.3 is 0 Å². The average Bonchev–Trinajstić information content (AvgIpc) is 3.02. The lowest BCUT2D eigenvalue weighted by Crippen LogP contribution is -2.36. The second-order valence-electron chi connectivity index (χ2n) is 5.40.